The Labute approximate surface area is 135 Å². The molecule has 0 spiro atoms. The monoisotopic (exact) mass is 346 g/mol. The van der Waals surface area contributed by atoms with E-state index in [0.717, 1.165) is 23.4 Å². The molecule has 1 aromatic carbocycles. The zero-order valence-corrected chi connectivity index (χ0v) is 13.9. The molecule has 6 nitrogen and oxygen atoms in total. The first kappa shape index (κ1) is 17.1. The summed E-state index contributed by atoms with van der Waals surface area (Å²) in [6, 6.07) is 6.30. The Balaban J connectivity index is 2.00. The van der Waals surface area contributed by atoms with E-state index < -0.39 is 10.0 Å². The van der Waals surface area contributed by atoms with Crippen LogP contribution in [-0.2, 0) is 19.6 Å². The van der Waals surface area contributed by atoms with Crippen LogP contribution in [0.4, 0.5) is 5.69 Å². The number of carbonyl (C=O) groups is 1. The molecule has 1 N–H and O–H groups in total. The maximum absolute atomic E-state index is 12.0. The molecule has 2 rings (SSSR count). The predicted octanol–water partition coefficient (Wildman–Crippen LogP) is 1.40. The summed E-state index contributed by atoms with van der Waals surface area (Å²) in [6.45, 7) is 0.838. The van der Waals surface area contributed by atoms with Crippen molar-refractivity contribution in [1.82, 2.24) is 5.32 Å². The van der Waals surface area contributed by atoms with Gasteiger partial charge in [0.15, 0.2) is 0 Å². The molecule has 1 fully saturated rings. The molecule has 8 heteroatoms. The van der Waals surface area contributed by atoms with E-state index in [9.17, 15) is 13.2 Å². The lowest BCUT2D eigenvalue weighted by molar-refractivity contribution is -0.120. The quantitative estimate of drug-likeness (QED) is 0.844. The van der Waals surface area contributed by atoms with Gasteiger partial charge < -0.3 is 10.1 Å². The number of halogens is 1. The minimum atomic E-state index is -3.57. The normalized spacial score (nSPS) is 18.2. The SMILES string of the molecule is CS(=O)(=O)N(CC(=O)NC[C@@H]1CCCO1)c1ccc(Cl)cc1. The molecule has 0 aromatic heterocycles. The molecule has 1 aromatic rings. The van der Waals surface area contributed by atoms with Gasteiger partial charge in [-0.05, 0) is 37.1 Å². The van der Waals surface area contributed by atoms with Gasteiger partial charge >= 0.3 is 0 Å². The van der Waals surface area contributed by atoms with Gasteiger partial charge in [-0.1, -0.05) is 11.6 Å². The highest BCUT2D eigenvalue weighted by Crippen LogP contribution is 2.20. The first-order valence-corrected chi connectivity index (χ1v) is 9.20. The van der Waals surface area contributed by atoms with Gasteiger partial charge in [-0.3, -0.25) is 9.10 Å². The minimum Gasteiger partial charge on any atom is -0.376 e. The number of rotatable bonds is 6. The van der Waals surface area contributed by atoms with Crippen molar-refractivity contribution >= 4 is 33.2 Å². The number of carbonyl (C=O) groups excluding carboxylic acids is 1. The molecule has 22 heavy (non-hydrogen) atoms. The summed E-state index contributed by atoms with van der Waals surface area (Å²) in [5.41, 5.74) is 0.402. The van der Waals surface area contributed by atoms with Crippen molar-refractivity contribution in [3.05, 3.63) is 29.3 Å². The molecule has 1 aliphatic heterocycles. The van der Waals surface area contributed by atoms with E-state index in [1.807, 2.05) is 0 Å². The lowest BCUT2D eigenvalue weighted by Crippen LogP contribution is -2.42. The number of hydrogen-bond donors (Lipinski definition) is 1. The molecule has 1 atom stereocenters. The van der Waals surface area contributed by atoms with Gasteiger partial charge in [0.2, 0.25) is 15.9 Å². The molecule has 1 aliphatic rings. The first-order chi connectivity index (χ1) is 10.4. The Bertz CT molecular complexity index is 612. The summed E-state index contributed by atoms with van der Waals surface area (Å²) in [7, 11) is -3.57. The fraction of sp³-hybridized carbons (Fsp3) is 0.500. The number of nitrogens with zero attached hydrogens (tertiary/aromatic N) is 1. The first-order valence-electron chi connectivity index (χ1n) is 6.98. The number of ether oxygens (including phenoxy) is 1. The Morgan fingerprint density at radius 2 is 2.09 bits per heavy atom. The second-order valence-corrected chi connectivity index (χ2v) is 7.53. The summed E-state index contributed by atoms with van der Waals surface area (Å²) in [5, 5.41) is 3.21. The summed E-state index contributed by atoms with van der Waals surface area (Å²) in [4.78, 5) is 12.0. The lowest BCUT2D eigenvalue weighted by atomic mass is 10.2. The smallest absolute Gasteiger partial charge is 0.240 e. The van der Waals surface area contributed by atoms with E-state index in [1.165, 1.54) is 0 Å². The Morgan fingerprint density at radius 1 is 1.41 bits per heavy atom. The molecule has 0 bridgehead atoms. The molecule has 1 heterocycles. The Morgan fingerprint density at radius 3 is 2.64 bits per heavy atom. The van der Waals surface area contributed by atoms with Crippen LogP contribution in [0.2, 0.25) is 5.02 Å². The second-order valence-electron chi connectivity index (χ2n) is 5.19. The van der Waals surface area contributed by atoms with Gasteiger partial charge in [0, 0.05) is 18.2 Å². The number of hydrogen-bond acceptors (Lipinski definition) is 4. The largest absolute Gasteiger partial charge is 0.376 e. The van der Waals surface area contributed by atoms with Crippen molar-refractivity contribution in [2.75, 3.05) is 30.3 Å². The number of benzene rings is 1. The fourth-order valence-corrected chi connectivity index (χ4v) is 3.21. The van der Waals surface area contributed by atoms with Crippen molar-refractivity contribution in [1.29, 1.82) is 0 Å². The van der Waals surface area contributed by atoms with E-state index in [1.54, 1.807) is 24.3 Å². The van der Waals surface area contributed by atoms with Gasteiger partial charge in [0.25, 0.3) is 0 Å². The molecule has 0 unspecified atom stereocenters. The van der Waals surface area contributed by atoms with Crippen LogP contribution < -0.4 is 9.62 Å². The van der Waals surface area contributed by atoms with Crippen LogP contribution in [0.15, 0.2) is 24.3 Å². The van der Waals surface area contributed by atoms with Crippen LogP contribution in [0.1, 0.15) is 12.8 Å². The van der Waals surface area contributed by atoms with Crippen LogP contribution in [0.3, 0.4) is 0 Å². The third-order valence-electron chi connectivity index (χ3n) is 3.35. The predicted molar refractivity (Wildman–Crippen MR) is 85.6 cm³/mol. The van der Waals surface area contributed by atoms with E-state index in [0.29, 0.717) is 23.9 Å². The van der Waals surface area contributed by atoms with Crippen LogP contribution in [-0.4, -0.2) is 46.4 Å². The topological polar surface area (TPSA) is 75.7 Å². The Kier molecular flexibility index (Phi) is 5.66. The molecule has 1 saturated heterocycles. The third kappa shape index (κ3) is 4.86. The van der Waals surface area contributed by atoms with E-state index in [-0.39, 0.29) is 18.6 Å². The van der Waals surface area contributed by atoms with Crippen LogP contribution in [0, 0.1) is 0 Å². The van der Waals surface area contributed by atoms with E-state index >= 15 is 0 Å². The van der Waals surface area contributed by atoms with Crippen molar-refractivity contribution in [3.63, 3.8) is 0 Å². The van der Waals surface area contributed by atoms with Crippen LogP contribution >= 0.6 is 11.6 Å². The maximum atomic E-state index is 12.0. The molecular formula is C14H19ClN2O4S. The zero-order valence-electron chi connectivity index (χ0n) is 12.3. The summed E-state index contributed by atoms with van der Waals surface area (Å²) in [6.07, 6.45) is 2.98. The average molecular weight is 347 g/mol. The second kappa shape index (κ2) is 7.30. The van der Waals surface area contributed by atoms with Crippen LogP contribution in [0.5, 0.6) is 0 Å². The third-order valence-corrected chi connectivity index (χ3v) is 4.75. The molecular weight excluding hydrogens is 328 g/mol. The maximum Gasteiger partial charge on any atom is 0.240 e. The fourth-order valence-electron chi connectivity index (χ4n) is 2.23. The molecule has 0 saturated carbocycles. The van der Waals surface area contributed by atoms with Crippen molar-refractivity contribution in [3.8, 4) is 0 Å². The highest BCUT2D eigenvalue weighted by atomic mass is 35.5. The number of anilines is 1. The average Bonchev–Trinajstić information content (AvgIpc) is 2.96. The number of nitrogens with one attached hydrogen (secondary N) is 1. The van der Waals surface area contributed by atoms with Gasteiger partial charge in [-0.2, -0.15) is 0 Å². The van der Waals surface area contributed by atoms with Crippen molar-refractivity contribution < 1.29 is 17.9 Å². The summed E-state index contributed by atoms with van der Waals surface area (Å²) < 4.78 is 30.3. The molecule has 0 aliphatic carbocycles. The van der Waals surface area contributed by atoms with Gasteiger partial charge in [0.1, 0.15) is 6.54 Å². The van der Waals surface area contributed by atoms with Gasteiger partial charge in [-0.25, -0.2) is 8.42 Å². The summed E-state index contributed by atoms with van der Waals surface area (Å²) in [5.74, 6) is -0.365. The highest BCUT2D eigenvalue weighted by molar-refractivity contribution is 7.92. The zero-order chi connectivity index (χ0) is 16.2. The number of sulfonamides is 1. The molecule has 0 radical (unpaired) electrons. The molecule has 122 valence electrons. The highest BCUT2D eigenvalue weighted by Gasteiger charge is 2.22. The minimum absolute atomic E-state index is 0.0196. The molecule has 1 amide bonds. The van der Waals surface area contributed by atoms with Crippen LogP contribution in [0.25, 0.3) is 0 Å². The Hall–Kier alpha value is -1.31. The number of amides is 1. The lowest BCUT2D eigenvalue weighted by Gasteiger charge is -2.22. The van der Waals surface area contributed by atoms with E-state index in [4.69, 9.17) is 16.3 Å². The van der Waals surface area contributed by atoms with Gasteiger partial charge in [-0.15, -0.1) is 0 Å². The van der Waals surface area contributed by atoms with E-state index in [2.05, 4.69) is 5.32 Å². The summed E-state index contributed by atoms with van der Waals surface area (Å²) >= 11 is 5.80. The van der Waals surface area contributed by atoms with Crippen molar-refractivity contribution in [2.45, 2.75) is 18.9 Å². The van der Waals surface area contributed by atoms with Crippen molar-refractivity contribution in [2.24, 2.45) is 0 Å². The van der Waals surface area contributed by atoms with Gasteiger partial charge in [0.05, 0.1) is 18.0 Å². The standard InChI is InChI=1S/C14H19ClN2O4S/c1-22(19,20)17(12-6-4-11(15)5-7-12)10-14(18)16-9-13-3-2-8-21-13/h4-7,13H,2-3,8-10H2,1H3,(H,16,18)/t13-/m0/s1.